The number of hydrogen-bond acceptors (Lipinski definition) is 5. The van der Waals surface area contributed by atoms with Crippen LogP contribution in [-0.4, -0.2) is 33.5 Å². The zero-order valence-corrected chi connectivity index (χ0v) is 23.2. The standard InChI is InChI=1S/C30H30F4N4O4/c1-4-30(3,37-29(40)42-15-19-9-6-5-7-10-19)17-35-28(39)25-18(2)36-27-24(13-20(26(33)34)14-38(25)27)41-16-21-22(31)11-8-12-23(21)32/h5-14,26H,4,15-17H2,1-3H3,(H,35,39)(H,37,40). The SMILES string of the molecule is CCC(C)(CNC(=O)c1c(C)nc2c(OCc3c(F)cccc3F)cc(C(F)F)cn12)NC(=O)OCc1ccccc1. The highest BCUT2D eigenvalue weighted by Crippen LogP contribution is 2.30. The second kappa shape index (κ2) is 12.9. The number of alkyl halides is 2. The van der Waals surface area contributed by atoms with Crippen molar-refractivity contribution in [2.24, 2.45) is 0 Å². The number of alkyl carbamates (subject to hydrolysis) is 1. The Hall–Kier alpha value is -4.61. The number of nitrogens with zero attached hydrogens (tertiary/aromatic N) is 2. The lowest BCUT2D eigenvalue weighted by Crippen LogP contribution is -2.53. The maximum absolute atomic E-state index is 14.1. The first-order chi connectivity index (χ1) is 20.0. The normalized spacial score (nSPS) is 12.7. The van der Waals surface area contributed by atoms with Crippen LogP contribution in [0.25, 0.3) is 5.65 Å². The van der Waals surface area contributed by atoms with Crippen LogP contribution in [0.3, 0.4) is 0 Å². The lowest BCUT2D eigenvalue weighted by molar-refractivity contribution is 0.0922. The Bertz CT molecular complexity index is 1560. The van der Waals surface area contributed by atoms with E-state index in [0.717, 1.165) is 34.4 Å². The number of hydrogen-bond donors (Lipinski definition) is 2. The average Bonchev–Trinajstić information content (AvgIpc) is 3.31. The van der Waals surface area contributed by atoms with Crippen LogP contribution >= 0.6 is 0 Å². The number of amides is 2. The molecule has 8 nitrogen and oxygen atoms in total. The highest BCUT2D eigenvalue weighted by Gasteiger charge is 2.28. The molecule has 0 saturated heterocycles. The van der Waals surface area contributed by atoms with Crippen molar-refractivity contribution < 1.29 is 36.6 Å². The molecule has 0 aliphatic rings. The Kier molecular flexibility index (Phi) is 9.34. The van der Waals surface area contributed by atoms with Crippen molar-refractivity contribution in [3.05, 3.63) is 101 Å². The lowest BCUT2D eigenvalue weighted by atomic mass is 9.99. The van der Waals surface area contributed by atoms with Gasteiger partial charge in [-0.3, -0.25) is 9.20 Å². The van der Waals surface area contributed by atoms with Crippen LogP contribution in [0.2, 0.25) is 0 Å². The fourth-order valence-electron chi connectivity index (χ4n) is 4.19. The highest BCUT2D eigenvalue weighted by molar-refractivity contribution is 5.95. The number of benzene rings is 2. The van der Waals surface area contributed by atoms with Gasteiger partial charge in [0.05, 0.1) is 16.8 Å². The number of carbonyl (C=O) groups is 2. The fraction of sp³-hybridized carbons (Fsp3) is 0.300. The van der Waals surface area contributed by atoms with Gasteiger partial charge >= 0.3 is 6.09 Å². The smallest absolute Gasteiger partial charge is 0.407 e. The quantitative estimate of drug-likeness (QED) is 0.202. The van der Waals surface area contributed by atoms with E-state index >= 15 is 0 Å². The summed E-state index contributed by atoms with van der Waals surface area (Å²) in [6.45, 7) is 4.53. The molecule has 4 rings (SSSR count). The first-order valence-corrected chi connectivity index (χ1v) is 13.1. The number of halogens is 4. The van der Waals surface area contributed by atoms with Crippen molar-refractivity contribution >= 4 is 17.6 Å². The molecule has 0 radical (unpaired) electrons. The van der Waals surface area contributed by atoms with Crippen molar-refractivity contribution in [1.82, 2.24) is 20.0 Å². The minimum Gasteiger partial charge on any atom is -0.485 e. The van der Waals surface area contributed by atoms with Crippen LogP contribution < -0.4 is 15.4 Å². The number of aryl methyl sites for hydroxylation is 1. The van der Waals surface area contributed by atoms with Gasteiger partial charge in [-0.25, -0.2) is 27.3 Å². The van der Waals surface area contributed by atoms with E-state index in [9.17, 15) is 27.2 Å². The third-order valence-corrected chi connectivity index (χ3v) is 6.82. The highest BCUT2D eigenvalue weighted by atomic mass is 19.3. The van der Waals surface area contributed by atoms with Gasteiger partial charge in [-0.2, -0.15) is 0 Å². The van der Waals surface area contributed by atoms with Gasteiger partial charge < -0.3 is 20.1 Å². The summed E-state index contributed by atoms with van der Waals surface area (Å²) in [7, 11) is 0. The largest absolute Gasteiger partial charge is 0.485 e. The molecule has 0 saturated carbocycles. The zero-order chi connectivity index (χ0) is 30.4. The summed E-state index contributed by atoms with van der Waals surface area (Å²) in [4.78, 5) is 30.1. The molecule has 12 heteroatoms. The molecule has 0 bridgehead atoms. The number of pyridine rings is 1. The van der Waals surface area contributed by atoms with Gasteiger partial charge in [-0.05, 0) is 44.0 Å². The second-order valence-corrected chi connectivity index (χ2v) is 9.95. The van der Waals surface area contributed by atoms with Crippen molar-refractivity contribution in [2.45, 2.75) is 52.4 Å². The monoisotopic (exact) mass is 586 g/mol. The molecule has 2 heterocycles. The van der Waals surface area contributed by atoms with E-state index in [1.807, 2.05) is 37.3 Å². The summed E-state index contributed by atoms with van der Waals surface area (Å²) >= 11 is 0. The summed E-state index contributed by atoms with van der Waals surface area (Å²) in [5.74, 6) is -2.53. The predicted molar refractivity (Wildman–Crippen MR) is 146 cm³/mol. The van der Waals surface area contributed by atoms with Crippen LogP contribution in [0.1, 0.15) is 59.6 Å². The number of imidazole rings is 1. The van der Waals surface area contributed by atoms with E-state index in [0.29, 0.717) is 6.42 Å². The molecule has 42 heavy (non-hydrogen) atoms. The molecule has 2 amide bonds. The summed E-state index contributed by atoms with van der Waals surface area (Å²) in [6.07, 6.45) is -2.11. The van der Waals surface area contributed by atoms with E-state index in [4.69, 9.17) is 9.47 Å². The van der Waals surface area contributed by atoms with Crippen LogP contribution in [0.4, 0.5) is 22.4 Å². The molecule has 0 aliphatic carbocycles. The van der Waals surface area contributed by atoms with Gasteiger partial charge in [-0.1, -0.05) is 43.3 Å². The topological polar surface area (TPSA) is 94.0 Å². The van der Waals surface area contributed by atoms with E-state index in [2.05, 4.69) is 15.6 Å². The molecule has 1 unspecified atom stereocenters. The van der Waals surface area contributed by atoms with E-state index in [-0.39, 0.29) is 41.5 Å². The third kappa shape index (κ3) is 6.99. The molecular weight excluding hydrogens is 556 g/mol. The molecule has 4 aromatic rings. The Morgan fingerprint density at radius 3 is 2.38 bits per heavy atom. The Morgan fingerprint density at radius 1 is 1.05 bits per heavy atom. The number of fused-ring (bicyclic) bond motifs is 1. The zero-order valence-electron chi connectivity index (χ0n) is 23.2. The van der Waals surface area contributed by atoms with Gasteiger partial charge in [0.1, 0.15) is 30.5 Å². The first kappa shape index (κ1) is 30.4. The van der Waals surface area contributed by atoms with Gasteiger partial charge in [0.25, 0.3) is 12.3 Å². The van der Waals surface area contributed by atoms with E-state index in [1.165, 1.54) is 13.0 Å². The van der Waals surface area contributed by atoms with Crippen LogP contribution in [0.5, 0.6) is 5.75 Å². The second-order valence-electron chi connectivity index (χ2n) is 9.95. The number of aromatic nitrogens is 2. The van der Waals surface area contributed by atoms with E-state index < -0.39 is 47.8 Å². The summed E-state index contributed by atoms with van der Waals surface area (Å²) in [5.41, 5.74) is -0.780. The molecule has 0 aliphatic heterocycles. The number of carbonyl (C=O) groups excluding carboxylic acids is 2. The molecule has 2 N–H and O–H groups in total. The Labute approximate surface area is 239 Å². The summed E-state index contributed by atoms with van der Waals surface area (Å²) in [5, 5.41) is 5.49. The molecule has 0 spiro atoms. The van der Waals surface area contributed by atoms with Gasteiger partial charge in [0.15, 0.2) is 11.4 Å². The molecule has 2 aromatic heterocycles. The van der Waals surface area contributed by atoms with Gasteiger partial charge in [0.2, 0.25) is 0 Å². The molecule has 2 aromatic carbocycles. The van der Waals surface area contributed by atoms with Crippen molar-refractivity contribution in [3.8, 4) is 5.75 Å². The third-order valence-electron chi connectivity index (χ3n) is 6.82. The van der Waals surface area contributed by atoms with Crippen molar-refractivity contribution in [2.75, 3.05) is 6.54 Å². The van der Waals surface area contributed by atoms with Crippen LogP contribution in [-0.2, 0) is 18.0 Å². The lowest BCUT2D eigenvalue weighted by Gasteiger charge is -2.29. The number of nitrogens with one attached hydrogen (secondary N) is 2. The maximum atomic E-state index is 14.1. The maximum Gasteiger partial charge on any atom is 0.407 e. The van der Waals surface area contributed by atoms with Crippen LogP contribution in [0.15, 0.2) is 60.8 Å². The van der Waals surface area contributed by atoms with Crippen LogP contribution in [0, 0.1) is 18.6 Å². The van der Waals surface area contributed by atoms with E-state index in [1.54, 1.807) is 6.92 Å². The number of rotatable bonds is 11. The average molecular weight is 587 g/mol. The predicted octanol–water partition coefficient (Wildman–Crippen LogP) is 6.26. The molecule has 1 atom stereocenters. The molecule has 222 valence electrons. The number of ether oxygens (including phenoxy) is 2. The van der Waals surface area contributed by atoms with Gasteiger partial charge in [-0.15, -0.1) is 0 Å². The molecule has 0 fully saturated rings. The van der Waals surface area contributed by atoms with Gasteiger partial charge in [0, 0.05) is 18.3 Å². The molecular formula is C30H30F4N4O4. The Morgan fingerprint density at radius 2 is 1.74 bits per heavy atom. The Balaban J connectivity index is 1.52. The minimum absolute atomic E-state index is 0.0136. The summed E-state index contributed by atoms with van der Waals surface area (Å²) in [6, 6.07) is 13.5. The fourth-order valence-corrected chi connectivity index (χ4v) is 4.19. The summed E-state index contributed by atoms with van der Waals surface area (Å²) < 4.78 is 67.8. The first-order valence-electron chi connectivity index (χ1n) is 13.1. The van der Waals surface area contributed by atoms with Crippen molar-refractivity contribution in [3.63, 3.8) is 0 Å². The minimum atomic E-state index is -2.94. The van der Waals surface area contributed by atoms with Crippen molar-refractivity contribution in [1.29, 1.82) is 0 Å².